The summed E-state index contributed by atoms with van der Waals surface area (Å²) in [5.41, 5.74) is 2.45. The van der Waals surface area contributed by atoms with E-state index in [9.17, 15) is 17.6 Å². The van der Waals surface area contributed by atoms with E-state index in [-0.39, 0.29) is 23.2 Å². The molecule has 6 nitrogen and oxygen atoms in total. The normalized spacial score (nSPS) is 11.5. The van der Waals surface area contributed by atoms with Crippen LogP contribution in [0.15, 0.2) is 40.7 Å². The number of thioether (sulfide) groups is 1. The molecule has 0 aliphatic heterocycles. The minimum absolute atomic E-state index is 0.00251. The molecule has 1 amide bonds. The lowest BCUT2D eigenvalue weighted by molar-refractivity contribution is -0.113. The summed E-state index contributed by atoms with van der Waals surface area (Å²) < 4.78 is 40.6. The van der Waals surface area contributed by atoms with Gasteiger partial charge >= 0.3 is 0 Å². The van der Waals surface area contributed by atoms with Gasteiger partial charge in [0.2, 0.25) is 15.9 Å². The van der Waals surface area contributed by atoms with Gasteiger partial charge in [-0.25, -0.2) is 17.8 Å². The van der Waals surface area contributed by atoms with Crippen molar-refractivity contribution in [2.75, 3.05) is 21.5 Å². The first-order valence-corrected chi connectivity index (χ1v) is 11.8. The van der Waals surface area contributed by atoms with Crippen molar-refractivity contribution in [3.8, 4) is 0 Å². The summed E-state index contributed by atoms with van der Waals surface area (Å²) in [6.07, 6.45) is 0. The molecular formula is C18H18FN3O3S3. The van der Waals surface area contributed by atoms with Crippen LogP contribution in [0.3, 0.4) is 0 Å². The van der Waals surface area contributed by atoms with Crippen LogP contribution in [0.25, 0.3) is 10.2 Å². The van der Waals surface area contributed by atoms with Crippen molar-refractivity contribution in [1.82, 2.24) is 4.98 Å². The molecule has 1 heterocycles. The Morgan fingerprint density at radius 1 is 1.25 bits per heavy atom. The maximum atomic E-state index is 13.1. The number of thiazole rings is 1. The Bertz CT molecular complexity index is 1130. The molecule has 2 aromatic carbocycles. The predicted molar refractivity (Wildman–Crippen MR) is 113 cm³/mol. The lowest BCUT2D eigenvalue weighted by atomic mass is 10.2. The molecule has 3 aromatic rings. The van der Waals surface area contributed by atoms with Crippen LogP contribution in [0.2, 0.25) is 0 Å². The fraction of sp³-hybridized carbons (Fsp3) is 0.222. The topological polar surface area (TPSA) is 88.2 Å². The Hall–Kier alpha value is -2.17. The summed E-state index contributed by atoms with van der Waals surface area (Å²) in [4.78, 5) is 16.6. The van der Waals surface area contributed by atoms with Gasteiger partial charge in [0.1, 0.15) is 5.82 Å². The Balaban J connectivity index is 1.65. The first kappa shape index (κ1) is 20.6. The summed E-state index contributed by atoms with van der Waals surface area (Å²) in [5, 5.41) is 2.76. The van der Waals surface area contributed by atoms with Gasteiger partial charge in [-0.1, -0.05) is 11.8 Å². The fourth-order valence-corrected chi connectivity index (χ4v) is 4.90. The third-order valence-electron chi connectivity index (χ3n) is 3.81. The molecule has 3 rings (SSSR count). The lowest BCUT2D eigenvalue weighted by Crippen LogP contribution is -2.14. The number of anilines is 2. The fourth-order valence-electron chi connectivity index (χ4n) is 2.36. The van der Waals surface area contributed by atoms with E-state index in [1.165, 1.54) is 41.3 Å². The second-order valence-corrected chi connectivity index (χ2v) is 10.2. The van der Waals surface area contributed by atoms with Crippen LogP contribution in [-0.2, 0) is 14.8 Å². The lowest BCUT2D eigenvalue weighted by Gasteiger charge is -2.07. The van der Waals surface area contributed by atoms with Crippen molar-refractivity contribution in [2.24, 2.45) is 0 Å². The maximum absolute atomic E-state index is 13.1. The van der Waals surface area contributed by atoms with Crippen molar-refractivity contribution < 1.29 is 17.6 Å². The molecule has 1 aromatic heterocycles. The third-order valence-corrected chi connectivity index (χ3v) is 7.28. The number of amides is 1. The van der Waals surface area contributed by atoms with E-state index in [1.54, 1.807) is 32.0 Å². The summed E-state index contributed by atoms with van der Waals surface area (Å²) in [6.45, 7) is 3.30. The summed E-state index contributed by atoms with van der Waals surface area (Å²) in [5.74, 6) is -0.404. The van der Waals surface area contributed by atoms with Gasteiger partial charge in [-0.15, -0.1) is 11.3 Å². The molecule has 28 heavy (non-hydrogen) atoms. The molecule has 0 atom stereocenters. The van der Waals surface area contributed by atoms with Crippen LogP contribution in [0.1, 0.15) is 12.5 Å². The van der Waals surface area contributed by atoms with Crippen LogP contribution in [0, 0.1) is 12.7 Å². The van der Waals surface area contributed by atoms with Gasteiger partial charge in [0, 0.05) is 5.69 Å². The van der Waals surface area contributed by atoms with E-state index in [2.05, 4.69) is 15.0 Å². The number of halogens is 1. The SMILES string of the molecule is CCS(=O)(=O)Nc1ccc2nc(SCC(=O)Nc3ccc(F)cc3C)sc2c1. The molecule has 10 heteroatoms. The van der Waals surface area contributed by atoms with Crippen LogP contribution in [-0.4, -0.2) is 30.8 Å². The number of aromatic nitrogens is 1. The predicted octanol–water partition coefficient (Wildman–Crippen LogP) is 4.24. The van der Waals surface area contributed by atoms with E-state index in [0.717, 1.165) is 10.2 Å². The van der Waals surface area contributed by atoms with Crippen molar-refractivity contribution in [3.63, 3.8) is 0 Å². The zero-order valence-electron chi connectivity index (χ0n) is 15.2. The molecule has 0 fully saturated rings. The zero-order valence-corrected chi connectivity index (χ0v) is 17.6. The summed E-state index contributed by atoms with van der Waals surface area (Å²) in [6, 6.07) is 9.32. The number of nitrogens with zero attached hydrogens (tertiary/aromatic N) is 1. The number of fused-ring (bicyclic) bond motifs is 1. The molecule has 0 saturated heterocycles. The van der Waals surface area contributed by atoms with Crippen molar-refractivity contribution in [3.05, 3.63) is 47.8 Å². The average Bonchev–Trinajstić information content (AvgIpc) is 3.04. The number of sulfonamides is 1. The van der Waals surface area contributed by atoms with Gasteiger partial charge in [-0.05, 0) is 55.8 Å². The van der Waals surface area contributed by atoms with E-state index >= 15 is 0 Å². The number of carbonyl (C=O) groups is 1. The largest absolute Gasteiger partial charge is 0.325 e. The van der Waals surface area contributed by atoms with Crippen molar-refractivity contribution >= 4 is 60.6 Å². The minimum atomic E-state index is -3.34. The van der Waals surface area contributed by atoms with Crippen molar-refractivity contribution in [2.45, 2.75) is 18.2 Å². The molecule has 0 spiro atoms. The molecule has 0 bridgehead atoms. The number of rotatable bonds is 7. The second kappa shape index (κ2) is 8.46. The van der Waals surface area contributed by atoms with E-state index in [4.69, 9.17) is 0 Å². The van der Waals surface area contributed by atoms with Gasteiger partial charge in [0.05, 0.1) is 27.4 Å². The number of benzene rings is 2. The van der Waals surface area contributed by atoms with Crippen LogP contribution >= 0.6 is 23.1 Å². The highest BCUT2D eigenvalue weighted by Crippen LogP contribution is 2.31. The average molecular weight is 440 g/mol. The molecular weight excluding hydrogens is 421 g/mol. The number of carbonyl (C=O) groups excluding carboxylic acids is 1. The van der Waals surface area contributed by atoms with Crippen LogP contribution in [0.4, 0.5) is 15.8 Å². The first-order chi connectivity index (χ1) is 13.3. The van der Waals surface area contributed by atoms with Gasteiger partial charge in [-0.2, -0.15) is 0 Å². The van der Waals surface area contributed by atoms with Gasteiger partial charge in [-0.3, -0.25) is 9.52 Å². The van der Waals surface area contributed by atoms with E-state index in [1.807, 2.05) is 0 Å². The number of aryl methyl sites for hydroxylation is 1. The molecule has 0 aliphatic rings. The monoisotopic (exact) mass is 439 g/mol. The van der Waals surface area contributed by atoms with E-state index < -0.39 is 10.0 Å². The number of hydrogen-bond acceptors (Lipinski definition) is 6. The highest BCUT2D eigenvalue weighted by atomic mass is 32.2. The van der Waals surface area contributed by atoms with Gasteiger partial charge < -0.3 is 5.32 Å². The Morgan fingerprint density at radius 3 is 2.75 bits per heavy atom. The highest BCUT2D eigenvalue weighted by Gasteiger charge is 2.12. The van der Waals surface area contributed by atoms with Gasteiger partial charge in [0.15, 0.2) is 4.34 Å². The smallest absolute Gasteiger partial charge is 0.234 e. The zero-order chi connectivity index (χ0) is 20.3. The Labute approximate surface area is 170 Å². The molecule has 2 N–H and O–H groups in total. The molecule has 0 aliphatic carbocycles. The van der Waals surface area contributed by atoms with Gasteiger partial charge in [0.25, 0.3) is 0 Å². The summed E-state index contributed by atoms with van der Waals surface area (Å²) >= 11 is 2.67. The standard InChI is InChI=1S/C18H18FN3O3S3/c1-3-28(24,25)22-13-5-7-15-16(9-13)27-18(21-15)26-10-17(23)20-14-6-4-12(19)8-11(14)2/h4-9,22H,3,10H2,1-2H3,(H,20,23). The molecule has 0 unspecified atom stereocenters. The second-order valence-electron chi connectivity index (χ2n) is 5.96. The van der Waals surface area contributed by atoms with Crippen molar-refractivity contribution in [1.29, 1.82) is 0 Å². The van der Waals surface area contributed by atoms with Crippen LogP contribution < -0.4 is 10.0 Å². The maximum Gasteiger partial charge on any atom is 0.234 e. The first-order valence-electron chi connectivity index (χ1n) is 8.35. The number of nitrogens with one attached hydrogen (secondary N) is 2. The van der Waals surface area contributed by atoms with Crippen LogP contribution in [0.5, 0.6) is 0 Å². The molecule has 0 saturated carbocycles. The Morgan fingerprint density at radius 2 is 2.04 bits per heavy atom. The van der Waals surface area contributed by atoms with E-state index in [0.29, 0.717) is 21.3 Å². The number of hydrogen-bond donors (Lipinski definition) is 2. The highest BCUT2D eigenvalue weighted by molar-refractivity contribution is 8.01. The minimum Gasteiger partial charge on any atom is -0.325 e. The summed E-state index contributed by atoms with van der Waals surface area (Å²) in [7, 11) is -3.34. The Kier molecular flexibility index (Phi) is 6.21. The molecule has 148 valence electrons. The molecule has 0 radical (unpaired) electrons. The quantitative estimate of drug-likeness (QED) is 0.538. The third kappa shape index (κ3) is 5.21.